The highest BCUT2D eigenvalue weighted by Crippen LogP contribution is 2.10. The van der Waals surface area contributed by atoms with Crippen molar-refractivity contribution in [2.45, 2.75) is 19.3 Å². The van der Waals surface area contributed by atoms with Crippen molar-refractivity contribution in [3.8, 4) is 12.3 Å². The Hall–Kier alpha value is -1.50. The van der Waals surface area contributed by atoms with Gasteiger partial charge in [-0.3, -0.25) is 5.10 Å². The molecular weight excluding hydrogens is 142 g/mol. The average Bonchev–Trinajstić information content (AvgIpc) is 2.36. The van der Waals surface area contributed by atoms with E-state index in [1.54, 1.807) is 0 Å². The third-order valence-corrected chi connectivity index (χ3v) is 1.41. The van der Waals surface area contributed by atoms with Gasteiger partial charge in [-0.15, -0.1) is 12.3 Å². The maximum Gasteiger partial charge on any atom is 0.361 e. The van der Waals surface area contributed by atoms with Gasteiger partial charge in [0, 0.05) is 12.3 Å². The van der Waals surface area contributed by atoms with Gasteiger partial charge in [0.1, 0.15) is 5.82 Å². The number of rotatable bonds is 2. The van der Waals surface area contributed by atoms with Gasteiger partial charge in [-0.25, -0.2) is 9.89 Å². The van der Waals surface area contributed by atoms with Crippen molar-refractivity contribution in [2.75, 3.05) is 0 Å². The van der Waals surface area contributed by atoms with Crippen molar-refractivity contribution in [1.29, 1.82) is 0 Å². The summed E-state index contributed by atoms with van der Waals surface area (Å²) in [5, 5.41) is 4.99. The minimum atomic E-state index is -0.358. The third kappa shape index (κ3) is 1.71. The minimum Gasteiger partial charge on any atom is -0.283 e. The van der Waals surface area contributed by atoms with Crippen LogP contribution < -0.4 is 5.69 Å². The monoisotopic (exact) mass is 151 g/mol. The second-order valence-electron chi connectivity index (χ2n) is 2.36. The first-order valence-electron chi connectivity index (χ1n) is 3.32. The summed E-state index contributed by atoms with van der Waals surface area (Å²) >= 11 is 0. The number of nitrogens with one attached hydrogen (secondary N) is 2. The lowest BCUT2D eigenvalue weighted by Crippen LogP contribution is -2.02. The van der Waals surface area contributed by atoms with Gasteiger partial charge in [0.15, 0.2) is 0 Å². The summed E-state index contributed by atoms with van der Waals surface area (Å²) < 4.78 is 0. The lowest BCUT2D eigenvalue weighted by Gasteiger charge is -1.99. The molecule has 0 saturated carbocycles. The van der Waals surface area contributed by atoms with Crippen LogP contribution in [0.3, 0.4) is 0 Å². The molecule has 1 heterocycles. The molecule has 1 rings (SSSR count). The smallest absolute Gasteiger partial charge is 0.283 e. The second kappa shape index (κ2) is 3.06. The highest BCUT2D eigenvalue weighted by Gasteiger charge is 2.06. The van der Waals surface area contributed by atoms with E-state index < -0.39 is 0 Å². The lowest BCUT2D eigenvalue weighted by molar-refractivity contribution is 0.729. The maximum atomic E-state index is 10.5. The van der Waals surface area contributed by atoms with Crippen LogP contribution in [0.5, 0.6) is 0 Å². The number of terminal acetylenes is 1. The molecule has 0 amide bonds. The predicted molar refractivity (Wildman–Crippen MR) is 41.1 cm³/mol. The molecule has 0 aromatic carbocycles. The topological polar surface area (TPSA) is 61.5 Å². The van der Waals surface area contributed by atoms with E-state index in [0.717, 1.165) is 0 Å². The van der Waals surface area contributed by atoms with Crippen molar-refractivity contribution in [3.05, 3.63) is 16.3 Å². The van der Waals surface area contributed by atoms with Crippen molar-refractivity contribution in [3.63, 3.8) is 0 Å². The Morgan fingerprint density at radius 1 is 1.73 bits per heavy atom. The normalized spacial score (nSPS) is 12.4. The van der Waals surface area contributed by atoms with E-state index in [-0.39, 0.29) is 11.6 Å². The standard InChI is InChI=1S/C7H9N3O/c1-3-4-5(2)6-8-7(11)10-9-6/h1,5H,4H2,2H3,(H2,8,9,10,11)/t5-/m0/s1. The summed E-state index contributed by atoms with van der Waals surface area (Å²) in [4.78, 5) is 14.2. The SMILES string of the molecule is C#CC[C@H](C)c1nc(=O)[nH][nH]1. The fourth-order valence-corrected chi connectivity index (χ4v) is 0.790. The molecule has 2 N–H and O–H groups in total. The highest BCUT2D eigenvalue weighted by molar-refractivity contribution is 4.98. The maximum absolute atomic E-state index is 10.5. The van der Waals surface area contributed by atoms with Gasteiger partial charge in [0.25, 0.3) is 0 Å². The molecule has 1 aromatic heterocycles. The van der Waals surface area contributed by atoms with Crippen molar-refractivity contribution in [2.24, 2.45) is 0 Å². The van der Waals surface area contributed by atoms with Crippen LogP contribution in [0, 0.1) is 12.3 Å². The van der Waals surface area contributed by atoms with Crippen LogP contribution in [0.15, 0.2) is 4.79 Å². The molecule has 0 unspecified atom stereocenters. The zero-order chi connectivity index (χ0) is 8.27. The summed E-state index contributed by atoms with van der Waals surface area (Å²) in [6.45, 7) is 1.91. The van der Waals surface area contributed by atoms with Gasteiger partial charge in [-0.05, 0) is 0 Å². The number of hydrogen-bond acceptors (Lipinski definition) is 2. The molecule has 0 aliphatic heterocycles. The summed E-state index contributed by atoms with van der Waals surface area (Å²) in [7, 11) is 0. The molecule has 0 spiro atoms. The summed E-state index contributed by atoms with van der Waals surface area (Å²) in [5.74, 6) is 3.23. The molecule has 0 aliphatic carbocycles. The number of nitrogens with zero attached hydrogens (tertiary/aromatic N) is 1. The zero-order valence-electron chi connectivity index (χ0n) is 6.22. The van der Waals surface area contributed by atoms with Gasteiger partial charge in [0.05, 0.1) is 0 Å². The quantitative estimate of drug-likeness (QED) is 0.594. The van der Waals surface area contributed by atoms with Gasteiger partial charge < -0.3 is 0 Å². The predicted octanol–water partition coefficient (Wildman–Crippen LogP) is 0.225. The highest BCUT2D eigenvalue weighted by atomic mass is 16.1. The van der Waals surface area contributed by atoms with E-state index in [9.17, 15) is 4.79 Å². The number of hydrogen-bond donors (Lipinski definition) is 2. The molecule has 0 aliphatic rings. The first kappa shape index (κ1) is 7.61. The Morgan fingerprint density at radius 3 is 2.91 bits per heavy atom. The van der Waals surface area contributed by atoms with Crippen LogP contribution in [0.4, 0.5) is 0 Å². The Morgan fingerprint density at radius 2 is 2.45 bits per heavy atom. The van der Waals surface area contributed by atoms with Crippen molar-refractivity contribution >= 4 is 0 Å². The minimum absolute atomic E-state index is 0.110. The summed E-state index contributed by atoms with van der Waals surface area (Å²) in [5.41, 5.74) is -0.358. The van der Waals surface area contributed by atoms with E-state index in [2.05, 4.69) is 21.1 Å². The summed E-state index contributed by atoms with van der Waals surface area (Å²) in [6, 6.07) is 0. The second-order valence-corrected chi connectivity index (χ2v) is 2.36. The average molecular weight is 151 g/mol. The van der Waals surface area contributed by atoms with E-state index in [1.807, 2.05) is 6.92 Å². The van der Waals surface area contributed by atoms with E-state index in [1.165, 1.54) is 0 Å². The van der Waals surface area contributed by atoms with Crippen LogP contribution in [0.2, 0.25) is 0 Å². The molecular formula is C7H9N3O. The third-order valence-electron chi connectivity index (χ3n) is 1.41. The van der Waals surface area contributed by atoms with E-state index in [4.69, 9.17) is 6.42 Å². The summed E-state index contributed by atoms with van der Waals surface area (Å²) in [6.07, 6.45) is 5.68. The van der Waals surface area contributed by atoms with Crippen LogP contribution in [0.25, 0.3) is 0 Å². The molecule has 4 nitrogen and oxygen atoms in total. The van der Waals surface area contributed by atoms with Crippen LogP contribution in [-0.4, -0.2) is 15.2 Å². The molecule has 0 bridgehead atoms. The number of aromatic amines is 2. The van der Waals surface area contributed by atoms with Crippen LogP contribution in [-0.2, 0) is 0 Å². The molecule has 1 atom stereocenters. The first-order chi connectivity index (χ1) is 5.24. The number of H-pyrrole nitrogens is 2. The lowest BCUT2D eigenvalue weighted by atomic mass is 10.1. The van der Waals surface area contributed by atoms with Gasteiger partial charge in [-0.2, -0.15) is 4.98 Å². The largest absolute Gasteiger partial charge is 0.361 e. The molecule has 0 radical (unpaired) electrons. The van der Waals surface area contributed by atoms with Crippen molar-refractivity contribution in [1.82, 2.24) is 15.2 Å². The molecule has 4 heteroatoms. The fraction of sp³-hybridized carbons (Fsp3) is 0.429. The Balaban J connectivity index is 2.78. The molecule has 58 valence electrons. The van der Waals surface area contributed by atoms with Gasteiger partial charge in [-0.1, -0.05) is 6.92 Å². The van der Waals surface area contributed by atoms with Crippen LogP contribution in [0.1, 0.15) is 25.1 Å². The first-order valence-corrected chi connectivity index (χ1v) is 3.32. The molecule has 11 heavy (non-hydrogen) atoms. The van der Waals surface area contributed by atoms with E-state index >= 15 is 0 Å². The Kier molecular flexibility index (Phi) is 2.12. The fourth-order valence-electron chi connectivity index (χ4n) is 0.790. The van der Waals surface area contributed by atoms with Gasteiger partial charge in [0.2, 0.25) is 0 Å². The number of aromatic nitrogens is 3. The zero-order valence-corrected chi connectivity index (χ0v) is 6.22. The Bertz CT molecular complexity index is 317. The molecule has 0 saturated heterocycles. The van der Waals surface area contributed by atoms with Crippen molar-refractivity contribution < 1.29 is 0 Å². The van der Waals surface area contributed by atoms with Gasteiger partial charge >= 0.3 is 5.69 Å². The Labute approximate surface area is 64.0 Å². The van der Waals surface area contributed by atoms with E-state index in [0.29, 0.717) is 12.2 Å². The molecule has 0 fully saturated rings. The molecule has 1 aromatic rings. The van der Waals surface area contributed by atoms with Crippen LogP contribution >= 0.6 is 0 Å².